The maximum absolute atomic E-state index is 11.1. The minimum atomic E-state index is 0. The molecule has 58 valence electrons. The normalized spacial score (nSPS) is 8.75. The largest absolute Gasteiger partial charge is 1.00 e. The van der Waals surface area contributed by atoms with Crippen LogP contribution in [0.3, 0.4) is 0 Å². The zero-order valence-electron chi connectivity index (χ0n) is 7.01. The first-order chi connectivity index (χ1) is 5.24. The van der Waals surface area contributed by atoms with Crippen LogP contribution in [0.1, 0.15) is 5.56 Å². The fraction of sp³-hybridized carbons (Fsp3) is 0.111. The molecule has 0 saturated carbocycles. The van der Waals surface area contributed by atoms with Gasteiger partial charge in [0.25, 0.3) is 0 Å². The molecule has 0 aliphatic heterocycles. The molecule has 0 N–H and O–H groups in total. The molecule has 12 heavy (non-hydrogen) atoms. The van der Waals surface area contributed by atoms with Crippen LogP contribution in [0.2, 0.25) is 5.02 Å². The van der Waals surface area contributed by atoms with Crippen LogP contribution in [0.15, 0.2) is 30.9 Å². The summed E-state index contributed by atoms with van der Waals surface area (Å²) in [6, 6.07) is 4.74. The third-order valence-electron chi connectivity index (χ3n) is 1.39. The third kappa shape index (κ3) is 3.20. The molecule has 1 rings (SSSR count). The number of rotatable bonds is 2. The zero-order valence-corrected chi connectivity index (χ0v) is 9.77. The Hall–Kier alpha value is 0.0500. The Balaban J connectivity index is 0.00000121. The molecular weight excluding hydrogens is 183 g/mol. The van der Waals surface area contributed by atoms with E-state index in [0.717, 1.165) is 0 Å². The quantitative estimate of drug-likeness (QED) is 0.440. The Kier molecular flexibility index (Phi) is 5.68. The second-order valence-electron chi connectivity index (χ2n) is 2.24. The van der Waals surface area contributed by atoms with Crippen LogP contribution >= 0.6 is 11.6 Å². The average molecular weight is 191 g/mol. The van der Waals surface area contributed by atoms with Crippen LogP contribution in [-0.4, -0.2) is 0 Å². The van der Waals surface area contributed by atoms with E-state index < -0.39 is 0 Å². The van der Waals surface area contributed by atoms with E-state index in [1.807, 2.05) is 0 Å². The summed E-state index contributed by atoms with van der Waals surface area (Å²) in [7, 11) is 0. The summed E-state index contributed by atoms with van der Waals surface area (Å²) in [5, 5.41) is 11.7. The SMILES string of the molecule is C=CCc1cc(Cl)ccc1[O-].[Na+]. The number of benzene rings is 1. The standard InChI is InChI=1S/C9H9ClO.Na/c1-2-3-7-6-8(10)4-5-9(7)11;/h2,4-6,11H,1,3H2;/q;+1/p-1. The van der Waals surface area contributed by atoms with Crippen LogP contribution in [0, 0.1) is 0 Å². The van der Waals surface area contributed by atoms with E-state index in [9.17, 15) is 5.11 Å². The van der Waals surface area contributed by atoms with Crippen molar-refractivity contribution in [2.75, 3.05) is 0 Å². The summed E-state index contributed by atoms with van der Waals surface area (Å²) in [5.74, 6) is 0.0225. The van der Waals surface area contributed by atoms with E-state index in [1.54, 1.807) is 18.2 Å². The van der Waals surface area contributed by atoms with Gasteiger partial charge in [0.15, 0.2) is 0 Å². The van der Waals surface area contributed by atoms with Crippen LogP contribution in [0.5, 0.6) is 5.75 Å². The summed E-state index contributed by atoms with van der Waals surface area (Å²) in [6.45, 7) is 3.54. The van der Waals surface area contributed by atoms with Gasteiger partial charge in [-0.2, -0.15) is 0 Å². The van der Waals surface area contributed by atoms with Gasteiger partial charge >= 0.3 is 29.6 Å². The molecular formula is C9H8ClNaO. The maximum Gasteiger partial charge on any atom is 1.00 e. The maximum atomic E-state index is 11.1. The van der Waals surface area contributed by atoms with Crippen molar-refractivity contribution in [3.63, 3.8) is 0 Å². The summed E-state index contributed by atoms with van der Waals surface area (Å²) in [5.41, 5.74) is 0.701. The van der Waals surface area contributed by atoms with E-state index in [4.69, 9.17) is 11.6 Å². The van der Waals surface area contributed by atoms with Crippen molar-refractivity contribution in [1.29, 1.82) is 0 Å². The van der Waals surface area contributed by atoms with Crippen molar-refractivity contribution in [3.8, 4) is 5.75 Å². The van der Waals surface area contributed by atoms with Crippen molar-refractivity contribution < 1.29 is 34.7 Å². The summed E-state index contributed by atoms with van der Waals surface area (Å²) < 4.78 is 0. The fourth-order valence-corrected chi connectivity index (χ4v) is 1.06. The van der Waals surface area contributed by atoms with Gasteiger partial charge in [-0.3, -0.25) is 0 Å². The van der Waals surface area contributed by atoms with Crippen LogP contribution < -0.4 is 34.7 Å². The third-order valence-corrected chi connectivity index (χ3v) is 1.62. The second kappa shape index (κ2) is 5.65. The van der Waals surface area contributed by atoms with Gasteiger partial charge in [0.05, 0.1) is 0 Å². The van der Waals surface area contributed by atoms with Crippen LogP contribution in [0.4, 0.5) is 0 Å². The van der Waals surface area contributed by atoms with Crippen molar-refractivity contribution in [2.45, 2.75) is 6.42 Å². The van der Waals surface area contributed by atoms with Gasteiger partial charge in [0.2, 0.25) is 0 Å². The fourth-order valence-electron chi connectivity index (χ4n) is 0.863. The minimum Gasteiger partial charge on any atom is -0.872 e. The molecule has 0 bridgehead atoms. The molecule has 0 radical (unpaired) electrons. The number of allylic oxidation sites excluding steroid dienone is 1. The van der Waals surface area contributed by atoms with Crippen molar-refractivity contribution in [3.05, 3.63) is 41.4 Å². The van der Waals surface area contributed by atoms with Crippen LogP contribution in [0.25, 0.3) is 0 Å². The summed E-state index contributed by atoms with van der Waals surface area (Å²) >= 11 is 5.68. The molecule has 3 heteroatoms. The molecule has 0 amide bonds. The Morgan fingerprint density at radius 3 is 2.75 bits per heavy atom. The van der Waals surface area contributed by atoms with Gasteiger partial charge in [-0.05, 0) is 18.6 Å². The van der Waals surface area contributed by atoms with Gasteiger partial charge in [-0.25, -0.2) is 0 Å². The molecule has 0 aromatic heterocycles. The molecule has 0 aliphatic carbocycles. The molecule has 0 saturated heterocycles. The molecule has 0 aliphatic rings. The van der Waals surface area contributed by atoms with E-state index >= 15 is 0 Å². The predicted octanol–water partition coefficient (Wildman–Crippen LogP) is -0.854. The monoisotopic (exact) mass is 190 g/mol. The second-order valence-corrected chi connectivity index (χ2v) is 2.68. The molecule has 1 aromatic carbocycles. The van der Waals surface area contributed by atoms with Gasteiger partial charge in [0, 0.05) is 5.02 Å². The van der Waals surface area contributed by atoms with Gasteiger partial charge in [0.1, 0.15) is 0 Å². The van der Waals surface area contributed by atoms with Gasteiger partial charge < -0.3 is 5.11 Å². The van der Waals surface area contributed by atoms with E-state index in [2.05, 4.69) is 6.58 Å². The van der Waals surface area contributed by atoms with Crippen LogP contribution in [-0.2, 0) is 6.42 Å². The Morgan fingerprint density at radius 2 is 2.17 bits per heavy atom. The van der Waals surface area contributed by atoms with Crippen molar-refractivity contribution >= 4 is 11.6 Å². The minimum absolute atomic E-state index is 0. The Labute approximate surface area is 99.3 Å². The molecule has 0 fully saturated rings. The average Bonchev–Trinajstić information content (AvgIpc) is 1.98. The Bertz CT molecular complexity index is 273. The van der Waals surface area contributed by atoms with Crippen molar-refractivity contribution in [2.24, 2.45) is 0 Å². The smallest absolute Gasteiger partial charge is 0.872 e. The summed E-state index contributed by atoms with van der Waals surface area (Å²) in [6.07, 6.45) is 2.27. The number of hydrogen-bond donors (Lipinski definition) is 0. The molecule has 0 atom stereocenters. The summed E-state index contributed by atoms with van der Waals surface area (Å²) in [4.78, 5) is 0. The van der Waals surface area contributed by atoms with E-state index in [-0.39, 0.29) is 35.3 Å². The molecule has 0 heterocycles. The molecule has 0 spiro atoms. The molecule has 1 aromatic rings. The van der Waals surface area contributed by atoms with Crippen molar-refractivity contribution in [1.82, 2.24) is 0 Å². The van der Waals surface area contributed by atoms with Gasteiger partial charge in [-0.15, -0.1) is 12.3 Å². The Morgan fingerprint density at radius 1 is 1.50 bits per heavy atom. The topological polar surface area (TPSA) is 23.1 Å². The molecule has 0 unspecified atom stereocenters. The number of halogens is 1. The van der Waals surface area contributed by atoms with E-state index in [0.29, 0.717) is 17.0 Å². The van der Waals surface area contributed by atoms with E-state index in [1.165, 1.54) is 6.07 Å². The van der Waals surface area contributed by atoms with Gasteiger partial charge in [-0.1, -0.05) is 29.3 Å². The first-order valence-corrected chi connectivity index (χ1v) is 3.68. The first-order valence-electron chi connectivity index (χ1n) is 3.30. The predicted molar refractivity (Wildman–Crippen MR) is 44.8 cm³/mol. The number of hydrogen-bond acceptors (Lipinski definition) is 1. The molecule has 1 nitrogen and oxygen atoms in total. The zero-order chi connectivity index (χ0) is 8.27. The first kappa shape index (κ1) is 12.0.